The Morgan fingerprint density at radius 3 is 2.65 bits per heavy atom. The molecule has 0 spiro atoms. The van der Waals surface area contributed by atoms with E-state index in [0.717, 1.165) is 47.2 Å². The van der Waals surface area contributed by atoms with Gasteiger partial charge in [0.25, 0.3) is 0 Å². The van der Waals surface area contributed by atoms with Gasteiger partial charge in [-0.05, 0) is 30.0 Å². The average Bonchev–Trinajstić information content (AvgIpc) is 3.44. The van der Waals surface area contributed by atoms with Gasteiger partial charge < -0.3 is 19.5 Å². The number of hydrogen-bond donors (Lipinski definition) is 1. The lowest BCUT2D eigenvalue weighted by molar-refractivity contribution is -0.159. The van der Waals surface area contributed by atoms with Crippen molar-refractivity contribution in [1.29, 1.82) is 0 Å². The Hall–Kier alpha value is -3.12. The van der Waals surface area contributed by atoms with Crippen LogP contribution in [0.25, 0.3) is 10.9 Å². The zero-order valence-electron chi connectivity index (χ0n) is 17.3. The Kier molecular flexibility index (Phi) is 4.35. The molecular weight excluding hydrogens is 390 g/mol. The molecule has 3 aliphatic heterocycles. The molecule has 0 radical (unpaired) electrons. The molecule has 31 heavy (non-hydrogen) atoms. The second-order valence-corrected chi connectivity index (χ2v) is 8.75. The number of para-hydroxylation sites is 1. The molecule has 1 N–H and O–H groups in total. The summed E-state index contributed by atoms with van der Waals surface area (Å²) < 4.78 is 5.74. The highest BCUT2D eigenvalue weighted by atomic mass is 16.5. The molecule has 2 saturated heterocycles. The smallest absolute Gasteiger partial charge is 0.246 e. The van der Waals surface area contributed by atoms with E-state index in [2.05, 4.69) is 17.1 Å². The second-order valence-electron chi connectivity index (χ2n) is 8.75. The number of carbonyl (C=O) groups is 2. The summed E-state index contributed by atoms with van der Waals surface area (Å²) in [5, 5.41) is 1.13. The lowest BCUT2D eigenvalue weighted by atomic mass is 9.86. The first-order valence-corrected chi connectivity index (χ1v) is 11.1. The van der Waals surface area contributed by atoms with Gasteiger partial charge in [-0.2, -0.15) is 0 Å². The van der Waals surface area contributed by atoms with E-state index in [1.807, 2.05) is 47.4 Å². The van der Waals surface area contributed by atoms with Crippen molar-refractivity contribution >= 4 is 22.7 Å². The largest absolute Gasteiger partial charge is 0.376 e. The molecule has 6 rings (SSSR count). The van der Waals surface area contributed by atoms with E-state index in [4.69, 9.17) is 4.74 Å². The minimum Gasteiger partial charge on any atom is -0.376 e. The van der Waals surface area contributed by atoms with Crippen LogP contribution in [0.4, 0.5) is 0 Å². The zero-order valence-corrected chi connectivity index (χ0v) is 17.3. The fraction of sp³-hybridized carbons (Fsp3) is 0.360. The van der Waals surface area contributed by atoms with E-state index >= 15 is 0 Å². The molecule has 1 aromatic heterocycles. The third-order valence-electron chi connectivity index (χ3n) is 6.91. The summed E-state index contributed by atoms with van der Waals surface area (Å²) in [7, 11) is 0. The second kappa shape index (κ2) is 7.24. The van der Waals surface area contributed by atoms with Gasteiger partial charge in [-0.3, -0.25) is 9.59 Å². The number of fused-ring (bicyclic) bond motifs is 4. The van der Waals surface area contributed by atoms with Gasteiger partial charge in [-0.15, -0.1) is 0 Å². The molecule has 3 aromatic rings. The van der Waals surface area contributed by atoms with E-state index in [0.29, 0.717) is 13.0 Å². The van der Waals surface area contributed by atoms with Crippen LogP contribution in [-0.2, 0) is 20.7 Å². The number of piperazine rings is 1. The van der Waals surface area contributed by atoms with Gasteiger partial charge in [0.1, 0.15) is 6.04 Å². The quantitative estimate of drug-likeness (QED) is 0.715. The van der Waals surface area contributed by atoms with Gasteiger partial charge in [0, 0.05) is 36.2 Å². The highest BCUT2D eigenvalue weighted by Crippen LogP contribution is 2.42. The third-order valence-corrected chi connectivity index (χ3v) is 6.91. The number of rotatable bonds is 3. The molecule has 0 bridgehead atoms. The van der Waals surface area contributed by atoms with Crippen LogP contribution in [-0.4, -0.2) is 58.4 Å². The highest BCUT2D eigenvalue weighted by Gasteiger charge is 2.48. The van der Waals surface area contributed by atoms with Crippen molar-refractivity contribution in [3.8, 4) is 0 Å². The maximum atomic E-state index is 13.6. The number of nitrogens with one attached hydrogen (secondary N) is 1. The van der Waals surface area contributed by atoms with Crippen LogP contribution in [0, 0.1) is 0 Å². The number of amides is 2. The first kappa shape index (κ1) is 18.6. The molecule has 2 fully saturated rings. The van der Waals surface area contributed by atoms with Gasteiger partial charge >= 0.3 is 0 Å². The fourth-order valence-corrected chi connectivity index (χ4v) is 5.49. The molecular formula is C25H25N3O3. The molecule has 2 aromatic carbocycles. The van der Waals surface area contributed by atoms with E-state index in [9.17, 15) is 9.59 Å². The summed E-state index contributed by atoms with van der Waals surface area (Å²) >= 11 is 0. The standard InChI is InChI=1S/C25H25N3O3/c29-22-15-27(14-17-9-6-12-31-17)25(30)21-13-19-18-10-4-5-11-20(18)26-23(19)24(28(21)22)16-7-2-1-3-8-16/h1-5,7-8,10-11,17,21,24,26H,6,9,12-15H2/t17-,21+,24-/m1/s1. The SMILES string of the molecule is O=C1[C@@H]2Cc3c([nH]c4ccccc34)[C@@H](c3ccccc3)N2C(=O)CN1C[C@H]1CCCO1. The Morgan fingerprint density at radius 2 is 1.84 bits per heavy atom. The lowest BCUT2D eigenvalue weighted by Gasteiger charge is -2.47. The van der Waals surface area contributed by atoms with Crippen LogP contribution in [0.2, 0.25) is 0 Å². The Morgan fingerprint density at radius 1 is 1.03 bits per heavy atom. The molecule has 2 amide bonds. The maximum Gasteiger partial charge on any atom is 0.246 e. The number of benzene rings is 2. The van der Waals surface area contributed by atoms with Crippen LogP contribution in [0.15, 0.2) is 54.6 Å². The number of hydrogen-bond acceptors (Lipinski definition) is 3. The zero-order chi connectivity index (χ0) is 20.9. The number of H-pyrrole nitrogens is 1. The number of aromatic amines is 1. The van der Waals surface area contributed by atoms with Crippen LogP contribution < -0.4 is 0 Å². The van der Waals surface area contributed by atoms with Gasteiger partial charge in [0.2, 0.25) is 11.8 Å². The van der Waals surface area contributed by atoms with Crippen LogP contribution in [0.1, 0.15) is 35.7 Å². The van der Waals surface area contributed by atoms with E-state index in [-0.39, 0.29) is 30.5 Å². The van der Waals surface area contributed by atoms with Crippen molar-refractivity contribution in [2.75, 3.05) is 19.7 Å². The Bertz CT molecular complexity index is 1150. The molecule has 0 unspecified atom stereocenters. The average molecular weight is 415 g/mol. The summed E-state index contributed by atoms with van der Waals surface area (Å²) in [5.74, 6) is 0.0349. The molecule has 0 aliphatic carbocycles. The maximum absolute atomic E-state index is 13.6. The number of ether oxygens (including phenoxy) is 1. The highest BCUT2D eigenvalue weighted by molar-refractivity contribution is 5.97. The number of aromatic nitrogens is 1. The Labute approximate surface area is 180 Å². The lowest BCUT2D eigenvalue weighted by Crippen LogP contribution is -2.63. The van der Waals surface area contributed by atoms with Crippen molar-refractivity contribution < 1.29 is 14.3 Å². The first-order valence-electron chi connectivity index (χ1n) is 11.1. The summed E-state index contributed by atoms with van der Waals surface area (Å²) in [5.41, 5.74) is 4.24. The Balaban J connectivity index is 1.45. The van der Waals surface area contributed by atoms with Crippen molar-refractivity contribution in [1.82, 2.24) is 14.8 Å². The van der Waals surface area contributed by atoms with Crippen LogP contribution in [0.3, 0.4) is 0 Å². The molecule has 6 nitrogen and oxygen atoms in total. The van der Waals surface area contributed by atoms with E-state index in [1.54, 1.807) is 4.90 Å². The molecule has 3 atom stereocenters. The molecule has 0 saturated carbocycles. The van der Waals surface area contributed by atoms with Crippen LogP contribution >= 0.6 is 0 Å². The van der Waals surface area contributed by atoms with Crippen molar-refractivity contribution in [2.24, 2.45) is 0 Å². The topological polar surface area (TPSA) is 65.6 Å². The predicted octanol–water partition coefficient (Wildman–Crippen LogP) is 3.03. The molecule has 158 valence electrons. The molecule has 4 heterocycles. The van der Waals surface area contributed by atoms with E-state index < -0.39 is 6.04 Å². The minimum absolute atomic E-state index is 0.000700. The van der Waals surface area contributed by atoms with Gasteiger partial charge in [0.15, 0.2) is 0 Å². The third kappa shape index (κ3) is 2.97. The minimum atomic E-state index is -0.487. The monoisotopic (exact) mass is 415 g/mol. The molecule has 3 aliphatic rings. The first-order chi connectivity index (χ1) is 15.2. The van der Waals surface area contributed by atoms with Crippen molar-refractivity contribution in [2.45, 2.75) is 37.5 Å². The normalized spacial score (nSPS) is 25.7. The van der Waals surface area contributed by atoms with E-state index in [1.165, 1.54) is 0 Å². The summed E-state index contributed by atoms with van der Waals surface area (Å²) in [6, 6.07) is 17.4. The molecule has 6 heteroatoms. The van der Waals surface area contributed by atoms with Crippen LogP contribution in [0.5, 0.6) is 0 Å². The summed E-state index contributed by atoms with van der Waals surface area (Å²) in [6.07, 6.45) is 2.55. The predicted molar refractivity (Wildman–Crippen MR) is 116 cm³/mol. The fourth-order valence-electron chi connectivity index (χ4n) is 5.49. The van der Waals surface area contributed by atoms with Crippen molar-refractivity contribution in [3.63, 3.8) is 0 Å². The van der Waals surface area contributed by atoms with Gasteiger partial charge in [-0.1, -0.05) is 48.5 Å². The number of carbonyl (C=O) groups excluding carboxylic acids is 2. The van der Waals surface area contributed by atoms with Gasteiger partial charge in [-0.25, -0.2) is 0 Å². The van der Waals surface area contributed by atoms with Crippen molar-refractivity contribution in [3.05, 3.63) is 71.4 Å². The summed E-state index contributed by atoms with van der Waals surface area (Å²) in [6.45, 7) is 1.37. The summed E-state index contributed by atoms with van der Waals surface area (Å²) in [4.78, 5) is 34.2. The number of nitrogens with zero attached hydrogens (tertiary/aromatic N) is 2. The van der Waals surface area contributed by atoms with Gasteiger partial charge in [0.05, 0.1) is 18.7 Å².